The van der Waals surface area contributed by atoms with Gasteiger partial charge in [-0.05, 0) is 53.5 Å². The van der Waals surface area contributed by atoms with E-state index in [0.717, 1.165) is 40.2 Å². The average Bonchev–Trinajstić information content (AvgIpc) is 2.79. The van der Waals surface area contributed by atoms with Crippen molar-refractivity contribution < 1.29 is 4.74 Å². The fraction of sp³-hybridized carbons (Fsp3) is 0.125. The molecule has 0 aliphatic heterocycles. The lowest BCUT2D eigenvalue weighted by Crippen LogP contribution is -2.02. The van der Waals surface area contributed by atoms with Crippen LogP contribution in [0.5, 0.6) is 0 Å². The molecule has 1 aromatic carbocycles. The fourth-order valence-corrected chi connectivity index (χ4v) is 3.10. The van der Waals surface area contributed by atoms with Gasteiger partial charge in [-0.2, -0.15) is 0 Å². The molecular formula is C16H13Cl2NO. The van der Waals surface area contributed by atoms with Crippen molar-refractivity contribution in [1.29, 1.82) is 0 Å². The highest BCUT2D eigenvalue weighted by Crippen LogP contribution is 2.42. The van der Waals surface area contributed by atoms with Crippen molar-refractivity contribution in [2.45, 2.75) is 6.42 Å². The molecule has 2 aliphatic rings. The van der Waals surface area contributed by atoms with E-state index in [-0.39, 0.29) is 0 Å². The maximum atomic E-state index is 6.32. The van der Waals surface area contributed by atoms with E-state index in [0.29, 0.717) is 10.0 Å². The van der Waals surface area contributed by atoms with Crippen molar-refractivity contribution in [3.63, 3.8) is 0 Å². The zero-order chi connectivity index (χ0) is 14.3. The molecule has 0 bridgehead atoms. The summed E-state index contributed by atoms with van der Waals surface area (Å²) in [5.74, 6) is 0.852. The molecular weight excluding hydrogens is 293 g/mol. The number of benzene rings is 1. The molecule has 0 heterocycles. The monoisotopic (exact) mass is 305 g/mol. The Labute approximate surface area is 127 Å². The Bertz CT molecular complexity index is 711. The van der Waals surface area contributed by atoms with Crippen LogP contribution >= 0.6 is 23.2 Å². The molecule has 0 spiro atoms. The summed E-state index contributed by atoms with van der Waals surface area (Å²) >= 11 is 12.3. The largest absolute Gasteiger partial charge is 0.496 e. The van der Waals surface area contributed by atoms with Crippen LogP contribution in [-0.2, 0) is 4.74 Å². The van der Waals surface area contributed by atoms with Crippen LogP contribution in [0.1, 0.15) is 12.0 Å². The van der Waals surface area contributed by atoms with E-state index in [1.54, 1.807) is 13.2 Å². The molecule has 0 saturated carbocycles. The number of fused-ring (bicyclic) bond motifs is 1. The maximum absolute atomic E-state index is 6.32. The highest BCUT2D eigenvalue weighted by atomic mass is 35.5. The molecule has 3 rings (SSSR count). The maximum Gasteiger partial charge on any atom is 0.123 e. The minimum atomic E-state index is 0.630. The Morgan fingerprint density at radius 3 is 2.70 bits per heavy atom. The molecule has 2 N–H and O–H groups in total. The number of ether oxygens (including phenoxy) is 1. The summed E-state index contributed by atoms with van der Waals surface area (Å²) in [6, 6.07) is 5.54. The number of hydrogen-bond acceptors (Lipinski definition) is 2. The molecule has 0 atom stereocenters. The van der Waals surface area contributed by atoms with Crippen molar-refractivity contribution >= 4 is 28.8 Å². The standard InChI is InChI=1S/C16H13Cl2NO/c1-20-16-5-4-11(13-7-10(19)8-14(13)16)12-3-2-9(17)6-15(12)18/h2-3,5-8H,4,19H2,1H3. The van der Waals surface area contributed by atoms with E-state index in [4.69, 9.17) is 33.7 Å². The van der Waals surface area contributed by atoms with Crippen molar-refractivity contribution in [1.82, 2.24) is 0 Å². The Morgan fingerprint density at radius 1 is 1.20 bits per heavy atom. The number of rotatable bonds is 2. The average molecular weight is 306 g/mol. The lowest BCUT2D eigenvalue weighted by molar-refractivity contribution is 0.300. The van der Waals surface area contributed by atoms with Gasteiger partial charge in [-0.15, -0.1) is 0 Å². The summed E-state index contributed by atoms with van der Waals surface area (Å²) in [7, 11) is 1.67. The van der Waals surface area contributed by atoms with E-state index in [1.807, 2.05) is 30.4 Å². The van der Waals surface area contributed by atoms with E-state index in [9.17, 15) is 0 Å². The van der Waals surface area contributed by atoms with Gasteiger partial charge in [0.2, 0.25) is 0 Å². The second-order valence-corrected chi connectivity index (χ2v) is 5.54. The van der Waals surface area contributed by atoms with Crippen LogP contribution in [0.25, 0.3) is 5.57 Å². The minimum Gasteiger partial charge on any atom is -0.496 e. The van der Waals surface area contributed by atoms with Gasteiger partial charge in [-0.3, -0.25) is 0 Å². The fourth-order valence-electron chi connectivity index (χ4n) is 2.58. The first kappa shape index (κ1) is 13.3. The smallest absolute Gasteiger partial charge is 0.123 e. The molecule has 1 aromatic rings. The Kier molecular flexibility index (Phi) is 3.36. The third-order valence-corrected chi connectivity index (χ3v) is 4.02. The normalized spacial score (nSPS) is 17.4. The van der Waals surface area contributed by atoms with Gasteiger partial charge in [0.05, 0.1) is 7.11 Å². The minimum absolute atomic E-state index is 0.630. The van der Waals surface area contributed by atoms with Crippen LogP contribution in [0.3, 0.4) is 0 Å². The first-order valence-electron chi connectivity index (χ1n) is 6.22. The van der Waals surface area contributed by atoms with E-state index in [1.165, 1.54) is 0 Å². The van der Waals surface area contributed by atoms with Gasteiger partial charge in [-0.25, -0.2) is 0 Å². The summed E-state index contributed by atoms with van der Waals surface area (Å²) in [5.41, 5.74) is 10.9. The zero-order valence-electron chi connectivity index (χ0n) is 10.9. The summed E-state index contributed by atoms with van der Waals surface area (Å²) in [5, 5.41) is 1.28. The van der Waals surface area contributed by atoms with Gasteiger partial charge in [0.1, 0.15) is 5.76 Å². The Hall–Kier alpha value is -1.64. The van der Waals surface area contributed by atoms with E-state index < -0.39 is 0 Å². The zero-order valence-corrected chi connectivity index (χ0v) is 12.4. The summed E-state index contributed by atoms with van der Waals surface area (Å²) < 4.78 is 5.40. The molecule has 102 valence electrons. The van der Waals surface area contributed by atoms with Gasteiger partial charge in [0.25, 0.3) is 0 Å². The molecule has 0 radical (unpaired) electrons. The lowest BCUT2D eigenvalue weighted by Gasteiger charge is -2.20. The highest BCUT2D eigenvalue weighted by Gasteiger charge is 2.24. The van der Waals surface area contributed by atoms with Crippen LogP contribution < -0.4 is 5.73 Å². The molecule has 2 nitrogen and oxygen atoms in total. The van der Waals surface area contributed by atoms with E-state index in [2.05, 4.69) is 0 Å². The molecule has 0 amide bonds. The Balaban J connectivity index is 2.15. The first-order valence-corrected chi connectivity index (χ1v) is 6.98. The van der Waals surface area contributed by atoms with Crippen molar-refractivity contribution in [2.24, 2.45) is 5.73 Å². The van der Waals surface area contributed by atoms with Crippen LogP contribution in [0.4, 0.5) is 0 Å². The second-order valence-electron chi connectivity index (χ2n) is 4.70. The van der Waals surface area contributed by atoms with E-state index >= 15 is 0 Å². The lowest BCUT2D eigenvalue weighted by atomic mass is 9.89. The number of methoxy groups -OCH3 is 1. The molecule has 2 aliphatic carbocycles. The number of nitrogens with two attached hydrogens (primary N) is 1. The number of hydrogen-bond donors (Lipinski definition) is 1. The number of halogens is 2. The highest BCUT2D eigenvalue weighted by molar-refractivity contribution is 6.35. The van der Waals surface area contributed by atoms with Crippen LogP contribution in [0.15, 0.2) is 59.0 Å². The predicted octanol–water partition coefficient (Wildman–Crippen LogP) is 4.46. The second kappa shape index (κ2) is 5.04. The number of allylic oxidation sites excluding steroid dienone is 5. The molecule has 20 heavy (non-hydrogen) atoms. The van der Waals surface area contributed by atoms with Gasteiger partial charge >= 0.3 is 0 Å². The molecule has 4 heteroatoms. The molecule has 0 fully saturated rings. The molecule has 0 unspecified atom stereocenters. The van der Waals surface area contributed by atoms with Gasteiger partial charge < -0.3 is 10.5 Å². The summed E-state index contributed by atoms with van der Waals surface area (Å²) in [4.78, 5) is 0. The van der Waals surface area contributed by atoms with Crippen molar-refractivity contribution in [3.8, 4) is 0 Å². The van der Waals surface area contributed by atoms with Crippen molar-refractivity contribution in [2.75, 3.05) is 7.11 Å². The quantitative estimate of drug-likeness (QED) is 0.875. The summed E-state index contributed by atoms with van der Waals surface area (Å²) in [6.45, 7) is 0. The van der Waals surface area contributed by atoms with Gasteiger partial charge in [0.15, 0.2) is 0 Å². The molecule has 0 aromatic heterocycles. The third kappa shape index (κ3) is 2.15. The Morgan fingerprint density at radius 2 is 2.00 bits per heavy atom. The van der Waals surface area contributed by atoms with Crippen LogP contribution in [-0.4, -0.2) is 7.11 Å². The van der Waals surface area contributed by atoms with Crippen molar-refractivity contribution in [3.05, 3.63) is 74.6 Å². The topological polar surface area (TPSA) is 35.2 Å². The third-order valence-electron chi connectivity index (χ3n) is 3.47. The van der Waals surface area contributed by atoms with Gasteiger partial charge in [-0.1, -0.05) is 29.3 Å². The molecule has 0 saturated heterocycles. The SMILES string of the molecule is COC1=CCC(c2ccc(Cl)cc2Cl)=C2C=C(N)C=C12. The van der Waals surface area contributed by atoms with Crippen LogP contribution in [0.2, 0.25) is 10.0 Å². The predicted molar refractivity (Wildman–Crippen MR) is 83.4 cm³/mol. The van der Waals surface area contributed by atoms with Gasteiger partial charge in [0, 0.05) is 21.3 Å². The summed E-state index contributed by atoms with van der Waals surface area (Å²) in [6.07, 6.45) is 6.68. The first-order chi connectivity index (χ1) is 9.60. The van der Waals surface area contributed by atoms with Crippen LogP contribution in [0, 0.1) is 0 Å².